The molecule has 0 amide bonds. The van der Waals surface area contributed by atoms with E-state index in [1.54, 1.807) is 0 Å². The molecule has 0 aliphatic heterocycles. The van der Waals surface area contributed by atoms with Gasteiger partial charge in [-0.05, 0) is 0 Å². The SMILES string of the molecule is O.O.O.O.O.O.O.[Ce+4].[Cl-].[Cl-].[Cl-].[Cl-]. The van der Waals surface area contributed by atoms with E-state index >= 15 is 0 Å². The molecule has 12 heteroatoms. The van der Waals surface area contributed by atoms with Crippen LogP contribution in [0.4, 0.5) is 0 Å². The maximum absolute atomic E-state index is 0. The van der Waals surface area contributed by atoms with Crippen molar-refractivity contribution < 1.29 is 130 Å². The summed E-state index contributed by atoms with van der Waals surface area (Å²) < 4.78 is 0. The molecule has 88 valence electrons. The molecule has 0 fully saturated rings. The molecule has 0 aliphatic carbocycles. The van der Waals surface area contributed by atoms with Crippen molar-refractivity contribution in [3.05, 3.63) is 0 Å². The van der Waals surface area contributed by atoms with Crippen LogP contribution in [0.25, 0.3) is 0 Å². The molecule has 0 rings (SSSR count). The second-order valence-electron chi connectivity index (χ2n) is 0. The van der Waals surface area contributed by atoms with E-state index in [1.165, 1.54) is 0 Å². The van der Waals surface area contributed by atoms with Gasteiger partial charge in [0.1, 0.15) is 0 Å². The number of hydrogen-bond acceptors (Lipinski definition) is 0. The van der Waals surface area contributed by atoms with Gasteiger partial charge < -0.3 is 88.0 Å². The standard InChI is InChI=1S/Ce.4ClH.7H2O/h;4*1H;7*1H2/q+4;;;;;;;;;;;/p-4. The van der Waals surface area contributed by atoms with Gasteiger partial charge in [-0.2, -0.15) is 0 Å². The van der Waals surface area contributed by atoms with Gasteiger partial charge in [-0.3, -0.25) is 0 Å². The average molecular weight is 408 g/mol. The van der Waals surface area contributed by atoms with E-state index < -0.39 is 0 Å². The number of halogens is 4. The molecule has 0 aromatic carbocycles. The maximum atomic E-state index is 0. The Morgan fingerprint density at radius 3 is 0.250 bits per heavy atom. The summed E-state index contributed by atoms with van der Waals surface area (Å²) in [6.07, 6.45) is 0. The third-order valence-corrected chi connectivity index (χ3v) is 0. The van der Waals surface area contributed by atoms with Crippen LogP contribution in [-0.4, -0.2) is 38.3 Å². The molecule has 0 saturated heterocycles. The topological polar surface area (TPSA) is 220 Å². The Balaban J connectivity index is 0. The summed E-state index contributed by atoms with van der Waals surface area (Å²) in [5, 5.41) is 0. The van der Waals surface area contributed by atoms with Crippen molar-refractivity contribution in [2.75, 3.05) is 0 Å². The molecule has 0 saturated carbocycles. The van der Waals surface area contributed by atoms with Crippen LogP contribution in [-0.2, 0) is 0 Å². The van der Waals surface area contributed by atoms with Gasteiger partial charge in [-0.25, -0.2) is 0 Å². The molecule has 0 spiro atoms. The zero-order chi connectivity index (χ0) is 0. The minimum absolute atomic E-state index is 0. The fourth-order valence-electron chi connectivity index (χ4n) is 0. The van der Waals surface area contributed by atoms with E-state index in [0.717, 1.165) is 0 Å². The molecule has 0 aliphatic rings. The molecule has 0 bridgehead atoms. The molecular formula is H14CeCl4O7. The first-order valence-electron chi connectivity index (χ1n) is 0. The predicted molar refractivity (Wildman–Crippen MR) is 25.3 cm³/mol. The fraction of sp³-hybridized carbons (Fsp3) is 0. The van der Waals surface area contributed by atoms with Crippen molar-refractivity contribution in [2.24, 2.45) is 0 Å². The Kier molecular flexibility index (Phi) is 16000. The Labute approximate surface area is 128 Å². The van der Waals surface area contributed by atoms with E-state index in [-0.39, 0.29) is 130 Å². The molecule has 7 nitrogen and oxygen atoms in total. The monoisotopic (exact) mass is 406 g/mol. The van der Waals surface area contributed by atoms with Crippen molar-refractivity contribution >= 4 is 0 Å². The molecule has 0 unspecified atom stereocenters. The quantitative estimate of drug-likeness (QED) is 0.364. The average Bonchev–Trinajstić information content (AvgIpc) is 0. The van der Waals surface area contributed by atoms with E-state index in [1.807, 2.05) is 0 Å². The van der Waals surface area contributed by atoms with Crippen molar-refractivity contribution in [3.63, 3.8) is 0 Å². The first kappa shape index (κ1) is 492. The van der Waals surface area contributed by atoms with Gasteiger partial charge in [0.05, 0.1) is 0 Å². The van der Waals surface area contributed by atoms with Crippen LogP contribution in [0, 0.1) is 41.7 Å². The van der Waals surface area contributed by atoms with E-state index in [4.69, 9.17) is 0 Å². The summed E-state index contributed by atoms with van der Waals surface area (Å²) in [6.45, 7) is 0. The summed E-state index contributed by atoms with van der Waals surface area (Å²) >= 11 is 0. The van der Waals surface area contributed by atoms with Gasteiger partial charge in [0.25, 0.3) is 0 Å². The second-order valence-corrected chi connectivity index (χ2v) is 0. The van der Waals surface area contributed by atoms with Crippen LogP contribution in [0.15, 0.2) is 0 Å². The van der Waals surface area contributed by atoms with E-state index in [2.05, 4.69) is 0 Å². The van der Waals surface area contributed by atoms with Crippen molar-refractivity contribution in [3.8, 4) is 0 Å². The third-order valence-electron chi connectivity index (χ3n) is 0. The molecule has 0 heterocycles. The molecule has 0 radical (unpaired) electrons. The summed E-state index contributed by atoms with van der Waals surface area (Å²) in [6, 6.07) is 0. The molecule has 0 atom stereocenters. The molecule has 0 aromatic heterocycles. The number of hydrogen-bond donors (Lipinski definition) is 0. The summed E-state index contributed by atoms with van der Waals surface area (Å²) in [5.41, 5.74) is 0. The van der Waals surface area contributed by atoms with Crippen LogP contribution in [0.1, 0.15) is 0 Å². The Morgan fingerprint density at radius 1 is 0.250 bits per heavy atom. The summed E-state index contributed by atoms with van der Waals surface area (Å²) in [5.74, 6) is 0. The fourth-order valence-corrected chi connectivity index (χ4v) is 0. The summed E-state index contributed by atoms with van der Waals surface area (Å²) in [4.78, 5) is 0. The van der Waals surface area contributed by atoms with E-state index in [0.29, 0.717) is 0 Å². The molecule has 12 heavy (non-hydrogen) atoms. The van der Waals surface area contributed by atoms with Crippen LogP contribution in [0.5, 0.6) is 0 Å². The molecule has 0 aromatic rings. The Hall–Kier alpha value is 2.26. The van der Waals surface area contributed by atoms with Crippen molar-refractivity contribution in [1.29, 1.82) is 0 Å². The normalized spacial score (nSPS) is 0. The Bertz CT molecular complexity index is 15.4. The molecular weight excluding hydrogens is 394 g/mol. The summed E-state index contributed by atoms with van der Waals surface area (Å²) in [7, 11) is 0. The van der Waals surface area contributed by atoms with Gasteiger partial charge in [-0.1, -0.05) is 0 Å². The predicted octanol–water partition coefficient (Wildman–Crippen LogP) is -17.8. The van der Waals surface area contributed by atoms with Crippen molar-refractivity contribution in [1.82, 2.24) is 0 Å². The van der Waals surface area contributed by atoms with Gasteiger partial charge in [0.2, 0.25) is 0 Å². The first-order valence-corrected chi connectivity index (χ1v) is 0. The Morgan fingerprint density at radius 2 is 0.250 bits per heavy atom. The van der Waals surface area contributed by atoms with Crippen LogP contribution in [0.3, 0.4) is 0 Å². The first-order chi connectivity index (χ1) is 0. The minimum atomic E-state index is 0. The van der Waals surface area contributed by atoms with Crippen LogP contribution >= 0.6 is 0 Å². The van der Waals surface area contributed by atoms with Crippen LogP contribution < -0.4 is 49.6 Å². The van der Waals surface area contributed by atoms with Crippen molar-refractivity contribution in [2.45, 2.75) is 0 Å². The largest absolute Gasteiger partial charge is 4.00 e. The minimum Gasteiger partial charge on any atom is -1.00 e. The van der Waals surface area contributed by atoms with Gasteiger partial charge in [0.15, 0.2) is 0 Å². The van der Waals surface area contributed by atoms with E-state index in [9.17, 15) is 0 Å². The smallest absolute Gasteiger partial charge is 1.00 e. The maximum Gasteiger partial charge on any atom is 4.00 e. The molecule has 14 N–H and O–H groups in total. The van der Waals surface area contributed by atoms with Crippen LogP contribution in [0.2, 0.25) is 0 Å². The number of rotatable bonds is 0. The van der Waals surface area contributed by atoms with Gasteiger partial charge in [-0.15, -0.1) is 0 Å². The third kappa shape index (κ3) is 305. The van der Waals surface area contributed by atoms with Gasteiger partial charge >= 0.3 is 41.7 Å². The second kappa shape index (κ2) is 391. The zero-order valence-electron chi connectivity index (χ0n) is 5.51. The zero-order valence-corrected chi connectivity index (χ0v) is 11.7. The van der Waals surface area contributed by atoms with Gasteiger partial charge in [0, 0.05) is 0 Å².